The van der Waals surface area contributed by atoms with E-state index in [9.17, 15) is 9.59 Å². The monoisotopic (exact) mass is 309 g/mol. The Labute approximate surface area is 132 Å². The van der Waals surface area contributed by atoms with Gasteiger partial charge in [-0.3, -0.25) is 4.79 Å². The largest absolute Gasteiger partial charge is 0.483 e. The average Bonchev–Trinajstić information content (AvgIpc) is 2.58. The smallest absolute Gasteiger partial charge is 0.339 e. The molecule has 0 atom stereocenters. The van der Waals surface area contributed by atoms with E-state index < -0.39 is 5.63 Å². The highest BCUT2D eigenvalue weighted by atomic mass is 16.5. The SMILES string of the molecule is O=C(COc1cc(=O)oc2ccccc12)NCc1ccccc1. The maximum atomic E-state index is 11.9. The van der Waals surface area contributed by atoms with Crippen LogP contribution < -0.4 is 15.7 Å². The van der Waals surface area contributed by atoms with Crippen molar-refractivity contribution in [2.45, 2.75) is 6.54 Å². The highest BCUT2D eigenvalue weighted by Crippen LogP contribution is 2.22. The Hall–Kier alpha value is -3.08. The first-order valence-electron chi connectivity index (χ1n) is 7.19. The van der Waals surface area contributed by atoms with Crippen LogP contribution in [0.15, 0.2) is 69.9 Å². The molecule has 3 aromatic rings. The van der Waals surface area contributed by atoms with Crippen LogP contribution in [0.5, 0.6) is 5.75 Å². The summed E-state index contributed by atoms with van der Waals surface area (Å²) in [7, 11) is 0. The molecule has 0 saturated heterocycles. The van der Waals surface area contributed by atoms with Gasteiger partial charge in [0.1, 0.15) is 11.3 Å². The van der Waals surface area contributed by atoms with Crippen LogP contribution in [0.25, 0.3) is 11.0 Å². The number of benzene rings is 2. The maximum Gasteiger partial charge on any atom is 0.339 e. The Bertz CT molecular complexity index is 871. The van der Waals surface area contributed by atoms with E-state index in [0.717, 1.165) is 5.56 Å². The molecule has 1 amide bonds. The van der Waals surface area contributed by atoms with Crippen LogP contribution in [0.4, 0.5) is 0 Å². The minimum absolute atomic E-state index is 0.166. The molecule has 116 valence electrons. The van der Waals surface area contributed by atoms with Crippen LogP contribution in [0.1, 0.15) is 5.56 Å². The fourth-order valence-corrected chi connectivity index (χ4v) is 2.19. The van der Waals surface area contributed by atoms with Gasteiger partial charge in [-0.1, -0.05) is 42.5 Å². The topological polar surface area (TPSA) is 68.5 Å². The number of amides is 1. The van der Waals surface area contributed by atoms with Crippen molar-refractivity contribution in [1.82, 2.24) is 5.32 Å². The number of hydrogen-bond acceptors (Lipinski definition) is 4. The van der Waals surface area contributed by atoms with Crippen LogP contribution >= 0.6 is 0 Å². The Kier molecular flexibility index (Phi) is 4.38. The third-order valence-corrected chi connectivity index (χ3v) is 3.30. The number of fused-ring (bicyclic) bond motifs is 1. The van der Waals surface area contributed by atoms with E-state index >= 15 is 0 Å². The lowest BCUT2D eigenvalue weighted by molar-refractivity contribution is -0.123. The lowest BCUT2D eigenvalue weighted by Gasteiger charge is -2.09. The number of carbonyl (C=O) groups is 1. The molecule has 23 heavy (non-hydrogen) atoms. The zero-order chi connectivity index (χ0) is 16.1. The summed E-state index contributed by atoms with van der Waals surface area (Å²) in [6.45, 7) is 0.265. The molecule has 5 heteroatoms. The van der Waals surface area contributed by atoms with Crippen molar-refractivity contribution in [1.29, 1.82) is 0 Å². The summed E-state index contributed by atoms with van der Waals surface area (Å²) in [5, 5.41) is 3.42. The van der Waals surface area contributed by atoms with Gasteiger partial charge in [0.2, 0.25) is 0 Å². The number of ether oxygens (including phenoxy) is 1. The number of nitrogens with one attached hydrogen (secondary N) is 1. The van der Waals surface area contributed by atoms with Crippen molar-refractivity contribution in [2.75, 3.05) is 6.61 Å². The third kappa shape index (κ3) is 3.77. The molecule has 0 radical (unpaired) electrons. The van der Waals surface area contributed by atoms with E-state index in [-0.39, 0.29) is 12.5 Å². The molecule has 0 fully saturated rings. The third-order valence-electron chi connectivity index (χ3n) is 3.30. The molecule has 2 aromatic carbocycles. The van der Waals surface area contributed by atoms with Crippen molar-refractivity contribution in [3.63, 3.8) is 0 Å². The van der Waals surface area contributed by atoms with Crippen molar-refractivity contribution in [3.8, 4) is 5.75 Å². The summed E-state index contributed by atoms with van der Waals surface area (Å²) in [5.74, 6) is 0.0814. The summed E-state index contributed by atoms with van der Waals surface area (Å²) in [6, 6.07) is 17.9. The van der Waals surface area contributed by atoms with Crippen LogP contribution in [-0.4, -0.2) is 12.5 Å². The molecule has 1 heterocycles. The summed E-state index contributed by atoms with van der Waals surface area (Å²) >= 11 is 0. The molecular weight excluding hydrogens is 294 g/mol. The molecule has 0 aliphatic rings. The van der Waals surface area contributed by atoms with Crippen molar-refractivity contribution >= 4 is 16.9 Å². The first-order chi connectivity index (χ1) is 11.2. The highest BCUT2D eigenvalue weighted by molar-refractivity contribution is 5.84. The van der Waals surface area contributed by atoms with Gasteiger partial charge < -0.3 is 14.5 Å². The van der Waals surface area contributed by atoms with E-state index in [0.29, 0.717) is 23.3 Å². The molecule has 0 aliphatic carbocycles. The Balaban J connectivity index is 1.64. The van der Waals surface area contributed by atoms with E-state index in [1.54, 1.807) is 18.2 Å². The van der Waals surface area contributed by atoms with Gasteiger partial charge in [-0.15, -0.1) is 0 Å². The Morgan fingerprint density at radius 2 is 1.78 bits per heavy atom. The van der Waals surface area contributed by atoms with Gasteiger partial charge in [0, 0.05) is 6.54 Å². The molecule has 0 unspecified atom stereocenters. The van der Waals surface area contributed by atoms with Gasteiger partial charge in [-0.25, -0.2) is 4.79 Å². The van der Waals surface area contributed by atoms with Gasteiger partial charge in [-0.05, 0) is 17.7 Å². The number of rotatable bonds is 5. The molecule has 0 bridgehead atoms. The second-order valence-electron chi connectivity index (χ2n) is 4.98. The van der Waals surface area contributed by atoms with Crippen molar-refractivity contribution in [3.05, 3.63) is 76.6 Å². The van der Waals surface area contributed by atoms with Gasteiger partial charge in [0.25, 0.3) is 5.91 Å². The van der Waals surface area contributed by atoms with Crippen LogP contribution in [0.3, 0.4) is 0 Å². The fourth-order valence-electron chi connectivity index (χ4n) is 2.19. The minimum Gasteiger partial charge on any atom is -0.483 e. The van der Waals surface area contributed by atoms with Crippen molar-refractivity contribution < 1.29 is 13.9 Å². The second kappa shape index (κ2) is 6.79. The number of carbonyl (C=O) groups excluding carboxylic acids is 1. The molecule has 0 aliphatic heterocycles. The molecule has 0 saturated carbocycles. The van der Waals surface area contributed by atoms with Gasteiger partial charge in [-0.2, -0.15) is 0 Å². The Morgan fingerprint density at radius 3 is 2.61 bits per heavy atom. The number of hydrogen-bond donors (Lipinski definition) is 1. The fraction of sp³-hybridized carbons (Fsp3) is 0.111. The quantitative estimate of drug-likeness (QED) is 0.735. The Morgan fingerprint density at radius 1 is 1.04 bits per heavy atom. The first-order valence-corrected chi connectivity index (χ1v) is 7.19. The molecule has 5 nitrogen and oxygen atoms in total. The number of para-hydroxylation sites is 1. The van der Waals surface area contributed by atoms with Gasteiger partial charge >= 0.3 is 5.63 Å². The second-order valence-corrected chi connectivity index (χ2v) is 4.98. The lowest BCUT2D eigenvalue weighted by atomic mass is 10.2. The van der Waals surface area contributed by atoms with Crippen LogP contribution in [0.2, 0.25) is 0 Å². The minimum atomic E-state index is -0.511. The zero-order valence-corrected chi connectivity index (χ0v) is 12.3. The molecule has 1 aromatic heterocycles. The van der Waals surface area contributed by atoms with Crippen LogP contribution in [0, 0.1) is 0 Å². The summed E-state index contributed by atoms with van der Waals surface area (Å²) in [4.78, 5) is 23.4. The summed E-state index contributed by atoms with van der Waals surface area (Å²) in [5.41, 5.74) is 0.926. The van der Waals surface area contributed by atoms with E-state index in [1.165, 1.54) is 6.07 Å². The van der Waals surface area contributed by atoms with Gasteiger partial charge in [0.15, 0.2) is 6.61 Å². The molecule has 3 rings (SSSR count). The normalized spacial score (nSPS) is 10.4. The van der Waals surface area contributed by atoms with Crippen LogP contribution in [-0.2, 0) is 11.3 Å². The van der Waals surface area contributed by atoms with Gasteiger partial charge in [0.05, 0.1) is 11.5 Å². The summed E-state index contributed by atoms with van der Waals surface area (Å²) in [6.07, 6.45) is 0. The first kappa shape index (κ1) is 14.8. The molecule has 1 N–H and O–H groups in total. The standard InChI is InChI=1S/C18H15NO4/c20-17(19-11-13-6-2-1-3-7-13)12-22-16-10-18(21)23-15-9-5-4-8-14(15)16/h1-10H,11-12H2,(H,19,20). The van der Waals surface area contributed by atoms with E-state index in [2.05, 4.69) is 5.32 Å². The van der Waals surface area contributed by atoms with E-state index in [1.807, 2.05) is 36.4 Å². The highest BCUT2D eigenvalue weighted by Gasteiger charge is 2.08. The summed E-state index contributed by atoms with van der Waals surface area (Å²) < 4.78 is 10.6. The van der Waals surface area contributed by atoms with E-state index in [4.69, 9.17) is 9.15 Å². The average molecular weight is 309 g/mol. The lowest BCUT2D eigenvalue weighted by Crippen LogP contribution is -2.28. The maximum absolute atomic E-state index is 11.9. The predicted molar refractivity (Wildman–Crippen MR) is 86.3 cm³/mol. The molecular formula is C18H15NO4. The molecule has 0 spiro atoms. The zero-order valence-electron chi connectivity index (χ0n) is 12.3. The van der Waals surface area contributed by atoms with Crippen molar-refractivity contribution in [2.24, 2.45) is 0 Å². The predicted octanol–water partition coefficient (Wildman–Crippen LogP) is 2.49.